The van der Waals surface area contributed by atoms with Gasteiger partial charge in [-0.2, -0.15) is 0 Å². The van der Waals surface area contributed by atoms with Crippen LogP contribution in [-0.2, 0) is 17.6 Å². The number of aromatic nitrogens is 2. The van der Waals surface area contributed by atoms with E-state index in [-0.39, 0.29) is 11.5 Å². The fraction of sp³-hybridized carbons (Fsp3) is 0.688. The average molecular weight is 289 g/mol. The number of hydrogen-bond donors (Lipinski definition) is 0. The molecule has 21 heavy (non-hydrogen) atoms. The minimum absolute atomic E-state index is 0.191. The lowest BCUT2D eigenvalue weighted by Crippen LogP contribution is -2.45. The predicted octanol–water partition coefficient (Wildman–Crippen LogP) is 2.59. The molecule has 0 aromatic carbocycles. The molecule has 2 heterocycles. The molecule has 3 rings (SSSR count). The van der Waals surface area contributed by atoms with Gasteiger partial charge in [0.25, 0.3) is 0 Å². The van der Waals surface area contributed by atoms with Crippen molar-refractivity contribution in [3.05, 3.63) is 23.8 Å². The molecule has 114 valence electrons. The van der Waals surface area contributed by atoms with Crippen molar-refractivity contribution in [1.29, 1.82) is 0 Å². The van der Waals surface area contributed by atoms with E-state index in [2.05, 4.69) is 9.97 Å². The highest BCUT2D eigenvalue weighted by Crippen LogP contribution is 2.43. The number of carbonyl (C=O) groups is 1. The van der Waals surface area contributed by atoms with Crippen molar-refractivity contribution in [2.24, 2.45) is 5.41 Å². The molecule has 0 radical (unpaired) electrons. The third-order valence-corrected chi connectivity index (χ3v) is 4.42. The van der Waals surface area contributed by atoms with Gasteiger partial charge in [0.2, 0.25) is 0 Å². The summed E-state index contributed by atoms with van der Waals surface area (Å²) in [6.45, 7) is 7.25. The first-order valence-corrected chi connectivity index (χ1v) is 7.64. The lowest BCUT2D eigenvalue weighted by atomic mass is 9.76. The summed E-state index contributed by atoms with van der Waals surface area (Å²) >= 11 is 0. The summed E-state index contributed by atoms with van der Waals surface area (Å²) in [5.41, 5.74) is 2.11. The largest absolute Gasteiger partial charge is 0.444 e. The maximum atomic E-state index is 12.1. The summed E-state index contributed by atoms with van der Waals surface area (Å²) in [6.07, 6.45) is 7.36. The van der Waals surface area contributed by atoms with Gasteiger partial charge in [-0.05, 0) is 51.9 Å². The van der Waals surface area contributed by atoms with E-state index in [1.54, 1.807) is 12.4 Å². The van der Waals surface area contributed by atoms with Crippen molar-refractivity contribution in [2.75, 3.05) is 13.1 Å². The fourth-order valence-corrected chi connectivity index (χ4v) is 3.31. The number of likely N-dealkylation sites (tertiary alicyclic amines) is 1. The van der Waals surface area contributed by atoms with Crippen LogP contribution >= 0.6 is 0 Å². The first-order valence-electron chi connectivity index (χ1n) is 7.64. The molecule has 5 nitrogen and oxygen atoms in total. The fourth-order valence-electron chi connectivity index (χ4n) is 3.31. The van der Waals surface area contributed by atoms with Gasteiger partial charge in [0.15, 0.2) is 0 Å². The molecule has 0 N–H and O–H groups in total. The van der Waals surface area contributed by atoms with Crippen LogP contribution < -0.4 is 0 Å². The summed E-state index contributed by atoms with van der Waals surface area (Å²) in [7, 11) is 0. The molecule has 1 spiro atoms. The molecular formula is C16H23N3O2. The van der Waals surface area contributed by atoms with Crippen LogP contribution in [0.4, 0.5) is 4.79 Å². The van der Waals surface area contributed by atoms with Gasteiger partial charge in [-0.25, -0.2) is 4.79 Å². The number of fused-ring (bicyclic) bond motifs is 1. The summed E-state index contributed by atoms with van der Waals surface area (Å²) in [4.78, 5) is 22.8. The second kappa shape index (κ2) is 4.97. The van der Waals surface area contributed by atoms with Crippen molar-refractivity contribution in [1.82, 2.24) is 14.9 Å². The van der Waals surface area contributed by atoms with E-state index in [0.29, 0.717) is 0 Å². The van der Waals surface area contributed by atoms with E-state index in [1.807, 2.05) is 25.7 Å². The number of hydrogen-bond acceptors (Lipinski definition) is 4. The highest BCUT2D eigenvalue weighted by molar-refractivity contribution is 5.68. The number of amides is 1. The van der Waals surface area contributed by atoms with Crippen LogP contribution in [0, 0.1) is 5.41 Å². The molecular weight excluding hydrogens is 266 g/mol. The van der Waals surface area contributed by atoms with Gasteiger partial charge in [0.1, 0.15) is 5.60 Å². The van der Waals surface area contributed by atoms with E-state index in [1.165, 1.54) is 0 Å². The van der Waals surface area contributed by atoms with Gasteiger partial charge in [-0.1, -0.05) is 0 Å². The van der Waals surface area contributed by atoms with Crippen LogP contribution in [-0.4, -0.2) is 39.7 Å². The molecule has 1 amide bonds. The topological polar surface area (TPSA) is 55.3 Å². The van der Waals surface area contributed by atoms with Crippen LogP contribution in [0.25, 0.3) is 0 Å². The van der Waals surface area contributed by atoms with Crippen LogP contribution in [0.15, 0.2) is 12.4 Å². The van der Waals surface area contributed by atoms with Crippen molar-refractivity contribution in [3.8, 4) is 0 Å². The normalized spacial score (nSPS) is 20.4. The molecule has 0 bridgehead atoms. The smallest absolute Gasteiger partial charge is 0.410 e. The maximum Gasteiger partial charge on any atom is 0.410 e. The minimum Gasteiger partial charge on any atom is -0.444 e. The zero-order valence-electron chi connectivity index (χ0n) is 13.1. The Bertz CT molecular complexity index is 516. The van der Waals surface area contributed by atoms with Crippen molar-refractivity contribution < 1.29 is 9.53 Å². The average Bonchev–Trinajstić information content (AvgIpc) is 2.75. The Labute approximate surface area is 125 Å². The van der Waals surface area contributed by atoms with Crippen molar-refractivity contribution in [3.63, 3.8) is 0 Å². The van der Waals surface area contributed by atoms with Gasteiger partial charge >= 0.3 is 6.09 Å². The highest BCUT2D eigenvalue weighted by atomic mass is 16.6. The van der Waals surface area contributed by atoms with E-state index >= 15 is 0 Å². The third kappa shape index (κ3) is 3.01. The molecule has 1 fully saturated rings. The molecule has 5 heteroatoms. The van der Waals surface area contributed by atoms with Crippen molar-refractivity contribution >= 4 is 6.09 Å². The van der Waals surface area contributed by atoms with Crippen LogP contribution in [0.5, 0.6) is 0 Å². The van der Waals surface area contributed by atoms with E-state index in [4.69, 9.17) is 4.74 Å². The molecule has 1 aliphatic carbocycles. The Balaban J connectivity index is 1.61. The zero-order chi connectivity index (χ0) is 15.1. The Morgan fingerprint density at radius 2 is 1.67 bits per heavy atom. The Morgan fingerprint density at radius 3 is 2.14 bits per heavy atom. The van der Waals surface area contributed by atoms with Crippen LogP contribution in [0.2, 0.25) is 0 Å². The Morgan fingerprint density at radius 1 is 1.14 bits per heavy atom. The summed E-state index contributed by atoms with van der Waals surface area (Å²) in [5, 5.41) is 0. The van der Waals surface area contributed by atoms with Gasteiger partial charge in [0, 0.05) is 25.5 Å². The Hall–Kier alpha value is -1.65. The van der Waals surface area contributed by atoms with E-state index in [9.17, 15) is 4.79 Å². The second-order valence-corrected chi connectivity index (χ2v) is 7.27. The first kappa shape index (κ1) is 14.3. The summed E-state index contributed by atoms with van der Waals surface area (Å²) in [6, 6.07) is 0. The first-order chi connectivity index (χ1) is 9.87. The van der Waals surface area contributed by atoms with Crippen LogP contribution in [0.1, 0.15) is 45.0 Å². The van der Waals surface area contributed by atoms with E-state index in [0.717, 1.165) is 50.2 Å². The molecule has 2 aliphatic rings. The van der Waals surface area contributed by atoms with Gasteiger partial charge in [-0.3, -0.25) is 9.97 Å². The van der Waals surface area contributed by atoms with E-state index < -0.39 is 5.60 Å². The highest BCUT2D eigenvalue weighted by Gasteiger charge is 2.42. The third-order valence-electron chi connectivity index (χ3n) is 4.42. The minimum atomic E-state index is -0.427. The number of carbonyl (C=O) groups excluding carboxylic acids is 1. The predicted molar refractivity (Wildman–Crippen MR) is 78.9 cm³/mol. The standard InChI is InChI=1S/C16H23N3O2/c1-15(2,3)21-14(20)19-8-4-16(5-9-19)10-12-13(11-16)18-7-6-17-12/h6-7H,4-5,8-11H2,1-3H3. The van der Waals surface area contributed by atoms with Crippen LogP contribution in [0.3, 0.4) is 0 Å². The molecule has 0 atom stereocenters. The lowest BCUT2D eigenvalue weighted by Gasteiger charge is -2.39. The summed E-state index contributed by atoms with van der Waals surface area (Å²) < 4.78 is 5.45. The monoisotopic (exact) mass is 289 g/mol. The molecule has 1 saturated heterocycles. The number of piperidine rings is 1. The van der Waals surface area contributed by atoms with Gasteiger partial charge < -0.3 is 9.64 Å². The number of ether oxygens (including phenoxy) is 1. The molecule has 0 saturated carbocycles. The van der Waals surface area contributed by atoms with Gasteiger partial charge in [0.05, 0.1) is 11.4 Å². The SMILES string of the molecule is CC(C)(C)OC(=O)N1CCC2(CC1)Cc1nccnc1C2. The quantitative estimate of drug-likeness (QED) is 0.736. The molecule has 1 aromatic rings. The maximum absolute atomic E-state index is 12.1. The second-order valence-electron chi connectivity index (χ2n) is 7.27. The van der Waals surface area contributed by atoms with Gasteiger partial charge in [-0.15, -0.1) is 0 Å². The van der Waals surface area contributed by atoms with Crippen molar-refractivity contribution in [2.45, 2.75) is 52.1 Å². The molecule has 0 unspecified atom stereocenters. The molecule has 1 aromatic heterocycles. The Kier molecular flexibility index (Phi) is 3.38. The number of rotatable bonds is 0. The summed E-state index contributed by atoms with van der Waals surface area (Å²) in [5.74, 6) is 0. The zero-order valence-corrected chi connectivity index (χ0v) is 13.1. The lowest BCUT2D eigenvalue weighted by molar-refractivity contribution is 0.0110. The molecule has 1 aliphatic heterocycles. The number of nitrogens with zero attached hydrogens (tertiary/aromatic N) is 3.